The fourth-order valence-corrected chi connectivity index (χ4v) is 8.85. The highest BCUT2D eigenvalue weighted by Crippen LogP contribution is 2.43. The van der Waals surface area contributed by atoms with E-state index in [9.17, 15) is 19.0 Å². The molecule has 0 aromatic carbocycles. The Labute approximate surface area is 448 Å². The first-order valence-corrected chi connectivity index (χ1v) is 31.2. The van der Waals surface area contributed by atoms with Crippen LogP contribution in [0.1, 0.15) is 258 Å². The van der Waals surface area contributed by atoms with Crippen LogP contribution in [-0.2, 0) is 32.7 Å². The number of esters is 2. The van der Waals surface area contributed by atoms with E-state index in [1.54, 1.807) is 0 Å². The molecule has 0 saturated heterocycles. The van der Waals surface area contributed by atoms with Gasteiger partial charge in [-0.05, 0) is 96.3 Å². The molecule has 73 heavy (non-hydrogen) atoms. The summed E-state index contributed by atoms with van der Waals surface area (Å²) in [7, 11) is -4.40. The smallest absolute Gasteiger partial charge is 0.462 e. The van der Waals surface area contributed by atoms with Gasteiger partial charge in [-0.3, -0.25) is 18.6 Å². The van der Waals surface area contributed by atoms with E-state index >= 15 is 0 Å². The molecule has 0 saturated carbocycles. The Morgan fingerprint density at radius 2 is 0.753 bits per heavy atom. The summed E-state index contributed by atoms with van der Waals surface area (Å²) < 4.78 is 33.1. The van der Waals surface area contributed by atoms with E-state index in [-0.39, 0.29) is 38.6 Å². The number of hydrogen-bond donors (Lipinski definition) is 2. The topological polar surface area (TPSA) is 134 Å². The van der Waals surface area contributed by atoms with Crippen LogP contribution in [-0.4, -0.2) is 49.3 Å². The second-order valence-electron chi connectivity index (χ2n) is 19.5. The van der Waals surface area contributed by atoms with E-state index < -0.39 is 26.5 Å². The molecule has 0 aromatic rings. The van der Waals surface area contributed by atoms with Crippen LogP contribution in [0.4, 0.5) is 0 Å². The average Bonchev–Trinajstić information content (AvgIpc) is 3.38. The predicted molar refractivity (Wildman–Crippen MR) is 312 cm³/mol. The SMILES string of the molecule is CC/C=C\C/C=C\C/C=C\C/C=C\C/C=C\C/C=C\CCCCCCCCCCCCC(=O)OC(COC(=O)CCCCCCCCCCCCC/C=C\C/C=C\CCCCCCC)COP(=O)(O)OCCN. The molecule has 0 aliphatic heterocycles. The van der Waals surface area contributed by atoms with Crippen molar-refractivity contribution in [1.82, 2.24) is 0 Å². The second kappa shape index (κ2) is 58.2. The Morgan fingerprint density at radius 3 is 1.12 bits per heavy atom. The van der Waals surface area contributed by atoms with Gasteiger partial charge in [-0.1, -0.05) is 246 Å². The zero-order chi connectivity index (χ0) is 53.1. The van der Waals surface area contributed by atoms with Crippen molar-refractivity contribution in [3.05, 3.63) is 97.2 Å². The minimum atomic E-state index is -4.40. The molecule has 0 heterocycles. The number of carbonyl (C=O) groups is 2. The summed E-state index contributed by atoms with van der Waals surface area (Å²) in [5.41, 5.74) is 5.38. The third kappa shape index (κ3) is 58.1. The van der Waals surface area contributed by atoms with Crippen molar-refractivity contribution in [2.45, 2.75) is 264 Å². The molecule has 9 nitrogen and oxygen atoms in total. The molecule has 420 valence electrons. The summed E-state index contributed by atoms with van der Waals surface area (Å²) in [6.45, 7) is 3.62. The molecule has 0 aromatic heterocycles. The first-order valence-electron chi connectivity index (χ1n) is 29.7. The highest BCUT2D eigenvalue weighted by atomic mass is 31.2. The summed E-state index contributed by atoms with van der Waals surface area (Å²) in [4.78, 5) is 35.2. The Morgan fingerprint density at radius 1 is 0.425 bits per heavy atom. The van der Waals surface area contributed by atoms with E-state index in [0.717, 1.165) is 89.9 Å². The van der Waals surface area contributed by atoms with Crippen molar-refractivity contribution in [2.24, 2.45) is 5.73 Å². The van der Waals surface area contributed by atoms with Crippen molar-refractivity contribution in [3.8, 4) is 0 Å². The van der Waals surface area contributed by atoms with Gasteiger partial charge in [0, 0.05) is 19.4 Å². The Kier molecular flexibility index (Phi) is 55.7. The molecule has 10 heteroatoms. The van der Waals surface area contributed by atoms with Crippen LogP contribution in [0.3, 0.4) is 0 Å². The van der Waals surface area contributed by atoms with E-state index in [2.05, 4.69) is 111 Å². The maximum atomic E-state index is 12.7. The number of phosphoric ester groups is 1. The number of phosphoric acid groups is 1. The third-order valence-electron chi connectivity index (χ3n) is 12.5. The van der Waals surface area contributed by atoms with Gasteiger partial charge in [0.2, 0.25) is 0 Å². The number of hydrogen-bond acceptors (Lipinski definition) is 8. The van der Waals surface area contributed by atoms with Gasteiger partial charge in [0.25, 0.3) is 0 Å². The minimum absolute atomic E-state index is 0.0484. The van der Waals surface area contributed by atoms with Crippen LogP contribution in [0.5, 0.6) is 0 Å². The van der Waals surface area contributed by atoms with Gasteiger partial charge >= 0.3 is 19.8 Å². The Balaban J connectivity index is 4.00. The number of unbranched alkanes of at least 4 members (excludes halogenated alkanes) is 26. The van der Waals surface area contributed by atoms with E-state index in [1.165, 1.54) is 135 Å². The molecule has 0 rings (SSSR count). The second-order valence-corrected chi connectivity index (χ2v) is 20.9. The number of carbonyl (C=O) groups excluding carboxylic acids is 2. The van der Waals surface area contributed by atoms with Crippen molar-refractivity contribution >= 4 is 19.8 Å². The van der Waals surface area contributed by atoms with E-state index in [1.807, 2.05) is 0 Å². The summed E-state index contributed by atoms with van der Waals surface area (Å²) >= 11 is 0. The lowest BCUT2D eigenvalue weighted by atomic mass is 10.0. The van der Waals surface area contributed by atoms with Gasteiger partial charge in [0.05, 0.1) is 13.2 Å². The molecular weight excluding hydrogens is 930 g/mol. The fraction of sp³-hybridized carbons (Fsp3) is 0.714. The molecule has 3 N–H and O–H groups in total. The molecule has 0 aliphatic rings. The molecule has 2 unspecified atom stereocenters. The van der Waals surface area contributed by atoms with Crippen molar-refractivity contribution in [1.29, 1.82) is 0 Å². The van der Waals surface area contributed by atoms with Crippen LogP contribution >= 0.6 is 7.82 Å². The molecule has 0 aliphatic carbocycles. The summed E-state index contributed by atoms with van der Waals surface area (Å²) in [6, 6.07) is 0. The van der Waals surface area contributed by atoms with Crippen LogP contribution < -0.4 is 5.73 Å². The highest BCUT2D eigenvalue weighted by molar-refractivity contribution is 7.47. The normalized spacial score (nSPS) is 13.8. The number of ether oxygens (including phenoxy) is 2. The number of rotatable bonds is 55. The lowest BCUT2D eigenvalue weighted by Gasteiger charge is -2.19. The predicted octanol–water partition coefficient (Wildman–Crippen LogP) is 18.8. The molecule has 2 atom stereocenters. The molecule has 0 spiro atoms. The van der Waals surface area contributed by atoms with Crippen LogP contribution in [0.15, 0.2) is 97.2 Å². The summed E-state index contributed by atoms with van der Waals surface area (Å²) in [6.07, 6.45) is 77.4. The first-order chi connectivity index (χ1) is 35.8. The molecular formula is C63H110NO8P. The lowest BCUT2D eigenvalue weighted by molar-refractivity contribution is -0.161. The van der Waals surface area contributed by atoms with Gasteiger partial charge in [-0.25, -0.2) is 4.57 Å². The Hall–Kier alpha value is -3.07. The van der Waals surface area contributed by atoms with Gasteiger partial charge in [-0.2, -0.15) is 0 Å². The minimum Gasteiger partial charge on any atom is -0.462 e. The molecule has 0 radical (unpaired) electrons. The average molecular weight is 1040 g/mol. The zero-order valence-corrected chi connectivity index (χ0v) is 47.7. The van der Waals surface area contributed by atoms with E-state index in [0.29, 0.717) is 6.42 Å². The van der Waals surface area contributed by atoms with Gasteiger partial charge in [0.15, 0.2) is 6.10 Å². The highest BCUT2D eigenvalue weighted by Gasteiger charge is 2.26. The quantitative estimate of drug-likeness (QED) is 0.0264. The van der Waals surface area contributed by atoms with Crippen molar-refractivity contribution in [2.75, 3.05) is 26.4 Å². The molecule has 0 fully saturated rings. The summed E-state index contributed by atoms with van der Waals surface area (Å²) in [5.74, 6) is -0.834. The van der Waals surface area contributed by atoms with Crippen molar-refractivity contribution in [3.63, 3.8) is 0 Å². The third-order valence-corrected chi connectivity index (χ3v) is 13.4. The van der Waals surface area contributed by atoms with Crippen LogP contribution in [0.25, 0.3) is 0 Å². The lowest BCUT2D eigenvalue weighted by Crippen LogP contribution is -2.29. The largest absolute Gasteiger partial charge is 0.472 e. The first kappa shape index (κ1) is 69.9. The number of nitrogens with two attached hydrogens (primary N) is 1. The maximum Gasteiger partial charge on any atom is 0.472 e. The Bertz CT molecular complexity index is 1510. The summed E-state index contributed by atoms with van der Waals surface area (Å²) in [5, 5.41) is 0. The molecule has 0 bridgehead atoms. The number of allylic oxidation sites excluding steroid dienone is 16. The van der Waals surface area contributed by atoms with E-state index in [4.69, 9.17) is 24.3 Å². The monoisotopic (exact) mass is 1040 g/mol. The zero-order valence-electron chi connectivity index (χ0n) is 46.8. The fourth-order valence-electron chi connectivity index (χ4n) is 8.08. The van der Waals surface area contributed by atoms with Crippen LogP contribution in [0, 0.1) is 0 Å². The van der Waals surface area contributed by atoms with Gasteiger partial charge in [0.1, 0.15) is 6.61 Å². The van der Waals surface area contributed by atoms with Crippen LogP contribution in [0.2, 0.25) is 0 Å². The maximum absolute atomic E-state index is 12.7. The standard InChI is InChI=1S/C63H110NO8P/c1-3-5-7-9-11-13-15-17-19-21-23-25-27-28-29-30-31-32-34-36-38-40-42-44-46-48-50-52-54-56-63(66)72-61(60-71-73(67,68)70-58-57-64)59-69-62(65)55-53-51-49-47-45-43-41-39-37-35-33-26-24-22-20-18-16-14-12-10-8-6-4-2/h5,7,11,13,16-19,22-25,28-29,31-32,61H,3-4,6,8-10,12,14-15,20-21,26-27,30,33-60,64H2,1-2H3,(H,67,68)/b7-5-,13-11-,18-16-,19-17-,24-22-,25-23-,29-28-,32-31-. The molecule has 0 amide bonds. The van der Waals surface area contributed by atoms with Gasteiger partial charge < -0.3 is 20.1 Å². The van der Waals surface area contributed by atoms with Gasteiger partial charge in [-0.15, -0.1) is 0 Å². The van der Waals surface area contributed by atoms with Crippen molar-refractivity contribution < 1.29 is 37.6 Å².